The summed E-state index contributed by atoms with van der Waals surface area (Å²) in [5.41, 5.74) is 1.06. The van der Waals surface area contributed by atoms with Gasteiger partial charge in [-0.05, 0) is 17.7 Å². The van der Waals surface area contributed by atoms with Gasteiger partial charge < -0.3 is 5.11 Å². The highest BCUT2D eigenvalue weighted by Crippen LogP contribution is 2.03. The molecule has 0 aliphatic carbocycles. The summed E-state index contributed by atoms with van der Waals surface area (Å²) < 4.78 is 0. The lowest BCUT2D eigenvalue weighted by molar-refractivity contribution is 0.433. The molecule has 0 aliphatic heterocycles. The van der Waals surface area contributed by atoms with Crippen molar-refractivity contribution in [2.45, 2.75) is 0 Å². The number of rotatable bonds is 3. The maximum Gasteiger partial charge on any atom is 0.115 e. The lowest BCUT2D eigenvalue weighted by atomic mass is 10.2. The summed E-state index contributed by atoms with van der Waals surface area (Å²) in [6, 6.07) is 9.80. The second-order valence-corrected chi connectivity index (χ2v) is 2.57. The standard InChI is InChI=1S/C12H12O/c1-2-6-12(13)10-9-11-7-4-3-5-8-11/h2-10,13H,1H2. The van der Waals surface area contributed by atoms with Crippen LogP contribution in [-0.2, 0) is 0 Å². The Kier molecular flexibility index (Phi) is 3.58. The number of aliphatic hydroxyl groups is 1. The van der Waals surface area contributed by atoms with Gasteiger partial charge in [0.1, 0.15) is 5.76 Å². The average molecular weight is 172 g/mol. The Morgan fingerprint density at radius 3 is 2.54 bits per heavy atom. The summed E-state index contributed by atoms with van der Waals surface area (Å²) in [5, 5.41) is 9.21. The molecule has 0 unspecified atom stereocenters. The van der Waals surface area contributed by atoms with Gasteiger partial charge in [0.2, 0.25) is 0 Å². The van der Waals surface area contributed by atoms with Crippen molar-refractivity contribution in [2.24, 2.45) is 0 Å². The fourth-order valence-corrected chi connectivity index (χ4v) is 0.922. The van der Waals surface area contributed by atoms with Gasteiger partial charge in [0, 0.05) is 0 Å². The van der Waals surface area contributed by atoms with Crippen molar-refractivity contribution < 1.29 is 5.11 Å². The Morgan fingerprint density at radius 1 is 1.23 bits per heavy atom. The van der Waals surface area contributed by atoms with Crippen LogP contribution in [0.25, 0.3) is 6.08 Å². The third-order valence-corrected chi connectivity index (χ3v) is 1.53. The molecule has 13 heavy (non-hydrogen) atoms. The minimum atomic E-state index is 0.207. The van der Waals surface area contributed by atoms with E-state index >= 15 is 0 Å². The second-order valence-electron chi connectivity index (χ2n) is 2.57. The van der Waals surface area contributed by atoms with Crippen LogP contribution in [0.15, 0.2) is 60.9 Å². The average Bonchev–Trinajstić information content (AvgIpc) is 2.17. The Labute approximate surface area is 78.3 Å². The van der Waals surface area contributed by atoms with Gasteiger partial charge in [-0.3, -0.25) is 0 Å². The molecule has 0 atom stereocenters. The van der Waals surface area contributed by atoms with Gasteiger partial charge in [-0.15, -0.1) is 0 Å². The number of benzene rings is 1. The highest BCUT2D eigenvalue weighted by Gasteiger charge is 1.84. The molecule has 1 heteroatoms. The van der Waals surface area contributed by atoms with E-state index in [0.29, 0.717) is 0 Å². The molecule has 1 aromatic carbocycles. The second kappa shape index (κ2) is 4.99. The monoisotopic (exact) mass is 172 g/mol. The molecule has 1 rings (SSSR count). The number of aliphatic hydroxyl groups excluding tert-OH is 1. The zero-order chi connectivity index (χ0) is 9.52. The lowest BCUT2D eigenvalue weighted by Gasteiger charge is -1.91. The Bertz CT molecular complexity index is 320. The van der Waals surface area contributed by atoms with Crippen molar-refractivity contribution in [2.75, 3.05) is 0 Å². The van der Waals surface area contributed by atoms with Gasteiger partial charge in [0.05, 0.1) is 0 Å². The molecule has 0 aromatic heterocycles. The first-order valence-corrected chi connectivity index (χ1v) is 4.08. The van der Waals surface area contributed by atoms with E-state index in [1.165, 1.54) is 0 Å². The van der Waals surface area contributed by atoms with E-state index in [1.807, 2.05) is 36.4 Å². The quantitative estimate of drug-likeness (QED) is 0.547. The molecule has 66 valence electrons. The molecule has 0 bridgehead atoms. The zero-order valence-corrected chi connectivity index (χ0v) is 7.35. The first-order chi connectivity index (χ1) is 6.33. The minimum Gasteiger partial charge on any atom is -0.508 e. The molecule has 1 N–H and O–H groups in total. The summed E-state index contributed by atoms with van der Waals surface area (Å²) in [6.07, 6.45) is 6.57. The molecule has 0 spiro atoms. The maximum absolute atomic E-state index is 9.21. The van der Waals surface area contributed by atoms with Crippen LogP contribution in [0.1, 0.15) is 5.56 Å². The van der Waals surface area contributed by atoms with Crippen LogP contribution in [0, 0.1) is 0 Å². The first-order valence-electron chi connectivity index (χ1n) is 4.08. The summed E-state index contributed by atoms with van der Waals surface area (Å²) in [6.45, 7) is 3.49. The highest BCUT2D eigenvalue weighted by molar-refractivity contribution is 5.51. The van der Waals surface area contributed by atoms with E-state index < -0.39 is 0 Å². The molecule has 0 amide bonds. The molecule has 0 saturated carbocycles. The van der Waals surface area contributed by atoms with Gasteiger partial charge in [-0.25, -0.2) is 0 Å². The molecule has 0 fully saturated rings. The Balaban J connectivity index is 2.69. The van der Waals surface area contributed by atoms with Gasteiger partial charge >= 0.3 is 0 Å². The van der Waals surface area contributed by atoms with E-state index in [2.05, 4.69) is 6.58 Å². The molecular formula is C12H12O. The molecule has 1 nitrogen and oxygen atoms in total. The van der Waals surface area contributed by atoms with Crippen LogP contribution < -0.4 is 0 Å². The number of hydrogen-bond donors (Lipinski definition) is 1. The van der Waals surface area contributed by atoms with Crippen LogP contribution in [-0.4, -0.2) is 5.11 Å². The molecule has 0 radical (unpaired) electrons. The van der Waals surface area contributed by atoms with Gasteiger partial charge in [0.25, 0.3) is 0 Å². The fourth-order valence-electron chi connectivity index (χ4n) is 0.922. The predicted molar refractivity (Wildman–Crippen MR) is 56.4 cm³/mol. The van der Waals surface area contributed by atoms with Crippen molar-refractivity contribution in [3.05, 3.63) is 66.5 Å². The predicted octanol–water partition coefficient (Wildman–Crippen LogP) is 3.33. The number of allylic oxidation sites excluding steroid dienone is 3. The molecule has 0 heterocycles. The van der Waals surface area contributed by atoms with Crippen molar-refractivity contribution in [3.63, 3.8) is 0 Å². The fraction of sp³-hybridized carbons (Fsp3) is 0. The summed E-state index contributed by atoms with van der Waals surface area (Å²) in [7, 11) is 0. The highest BCUT2D eigenvalue weighted by atomic mass is 16.3. The van der Waals surface area contributed by atoms with E-state index in [-0.39, 0.29) is 5.76 Å². The Morgan fingerprint density at radius 2 is 1.92 bits per heavy atom. The Hall–Kier alpha value is -1.76. The smallest absolute Gasteiger partial charge is 0.115 e. The van der Waals surface area contributed by atoms with Crippen LogP contribution in [0.2, 0.25) is 0 Å². The summed E-state index contributed by atoms with van der Waals surface area (Å²) in [5.74, 6) is 0.207. The van der Waals surface area contributed by atoms with E-state index in [0.717, 1.165) is 5.56 Å². The van der Waals surface area contributed by atoms with Crippen LogP contribution in [0.4, 0.5) is 0 Å². The molecule has 0 saturated heterocycles. The topological polar surface area (TPSA) is 20.2 Å². The third kappa shape index (κ3) is 3.43. The van der Waals surface area contributed by atoms with Gasteiger partial charge in [0.15, 0.2) is 0 Å². The number of hydrogen-bond acceptors (Lipinski definition) is 1. The normalized spacial score (nSPS) is 11.8. The summed E-state index contributed by atoms with van der Waals surface area (Å²) >= 11 is 0. The van der Waals surface area contributed by atoms with Crippen molar-refractivity contribution >= 4 is 6.08 Å². The van der Waals surface area contributed by atoms with Crippen LogP contribution in [0.3, 0.4) is 0 Å². The molecular weight excluding hydrogens is 160 g/mol. The minimum absolute atomic E-state index is 0.207. The van der Waals surface area contributed by atoms with E-state index in [9.17, 15) is 5.11 Å². The largest absolute Gasteiger partial charge is 0.508 e. The van der Waals surface area contributed by atoms with Gasteiger partial charge in [-0.2, -0.15) is 0 Å². The summed E-state index contributed by atoms with van der Waals surface area (Å²) in [4.78, 5) is 0. The van der Waals surface area contributed by atoms with Gasteiger partial charge in [-0.1, -0.05) is 49.1 Å². The first kappa shape index (κ1) is 9.33. The molecule has 0 aliphatic rings. The van der Waals surface area contributed by atoms with Crippen molar-refractivity contribution in [1.29, 1.82) is 0 Å². The van der Waals surface area contributed by atoms with E-state index in [1.54, 1.807) is 18.2 Å². The van der Waals surface area contributed by atoms with Crippen LogP contribution in [0.5, 0.6) is 0 Å². The maximum atomic E-state index is 9.21. The van der Waals surface area contributed by atoms with Crippen molar-refractivity contribution in [1.82, 2.24) is 0 Å². The van der Waals surface area contributed by atoms with Crippen LogP contribution >= 0.6 is 0 Å². The zero-order valence-electron chi connectivity index (χ0n) is 7.35. The molecule has 1 aromatic rings. The SMILES string of the molecule is C=CC=C(O)C=Cc1ccccc1. The lowest BCUT2D eigenvalue weighted by Crippen LogP contribution is -1.73. The third-order valence-electron chi connectivity index (χ3n) is 1.53. The van der Waals surface area contributed by atoms with E-state index in [4.69, 9.17) is 0 Å². The van der Waals surface area contributed by atoms with Crippen molar-refractivity contribution in [3.8, 4) is 0 Å².